The molecule has 1 saturated carbocycles. The van der Waals surface area contributed by atoms with E-state index in [4.69, 9.17) is 9.72 Å². The zero-order chi connectivity index (χ0) is 28.3. The molecule has 0 bridgehead atoms. The van der Waals surface area contributed by atoms with E-state index >= 15 is 0 Å². The topological polar surface area (TPSA) is 79.7 Å². The van der Waals surface area contributed by atoms with Crippen LogP contribution < -0.4 is 15.9 Å². The third-order valence-electron chi connectivity index (χ3n) is 8.12. The van der Waals surface area contributed by atoms with Crippen LogP contribution >= 0.6 is 0 Å². The van der Waals surface area contributed by atoms with Gasteiger partial charge in [-0.3, -0.25) is 9.47 Å². The van der Waals surface area contributed by atoms with Crippen molar-refractivity contribution in [1.29, 1.82) is 0 Å². The number of benzene rings is 2. The van der Waals surface area contributed by atoms with Gasteiger partial charge in [0.15, 0.2) is 0 Å². The van der Waals surface area contributed by atoms with Crippen molar-refractivity contribution >= 4 is 23.7 Å². The molecule has 0 spiro atoms. The summed E-state index contributed by atoms with van der Waals surface area (Å²) in [6.45, 7) is 8.05. The highest BCUT2D eigenvalue weighted by atomic mass is 16.5. The van der Waals surface area contributed by atoms with Crippen LogP contribution in [0.25, 0.3) is 6.08 Å². The molecular weight excluding hydrogens is 514 g/mol. The average Bonchev–Trinajstić information content (AvgIpc) is 3.83. The number of allylic oxidation sites excluding steroid dienone is 1. The van der Waals surface area contributed by atoms with Gasteiger partial charge in [-0.25, -0.2) is 9.59 Å². The molecule has 6 rings (SSSR count). The van der Waals surface area contributed by atoms with Crippen molar-refractivity contribution in [1.82, 2.24) is 14.5 Å². The number of piperazine rings is 1. The van der Waals surface area contributed by atoms with Crippen LogP contribution in [0.15, 0.2) is 82.8 Å². The van der Waals surface area contributed by atoms with Gasteiger partial charge in [-0.15, -0.1) is 0 Å². The molecule has 8 heteroatoms. The molecule has 1 atom stereocenters. The molecule has 8 nitrogen and oxygen atoms in total. The van der Waals surface area contributed by atoms with Gasteiger partial charge in [-0.1, -0.05) is 72.8 Å². The summed E-state index contributed by atoms with van der Waals surface area (Å²) >= 11 is 0. The molecule has 1 aliphatic carbocycles. The fourth-order valence-electron chi connectivity index (χ4n) is 5.95. The highest BCUT2D eigenvalue weighted by Crippen LogP contribution is 2.48. The van der Waals surface area contributed by atoms with Gasteiger partial charge in [0.1, 0.15) is 11.6 Å². The van der Waals surface area contributed by atoms with E-state index in [0.29, 0.717) is 17.1 Å². The minimum atomic E-state index is -0.397. The Labute approximate surface area is 241 Å². The Bertz CT molecular complexity index is 1520. The van der Waals surface area contributed by atoms with Gasteiger partial charge in [-0.2, -0.15) is 4.98 Å². The Hall–Kier alpha value is -4.17. The van der Waals surface area contributed by atoms with E-state index in [0.717, 1.165) is 62.5 Å². The standard InChI is InChI=1S/C33H37N5O3/c1-3-41-32(39)27-23(2)34-31-29(28(27)25-14-8-5-9-15-25)30(35-33(40)38(31)26-16-17-26)37-21-19-36(20-22-37)18-10-13-24-11-6-4-7-12-24/h4-15,26,28,34H,3,16-22H2,1-2H3/b13-10+/t28-/m1/s1. The number of ether oxygens (including phenoxy) is 1. The number of nitrogens with one attached hydrogen (secondary N) is 1. The quantitative estimate of drug-likeness (QED) is 0.403. The Morgan fingerprint density at radius 3 is 2.37 bits per heavy atom. The highest BCUT2D eigenvalue weighted by molar-refractivity contribution is 5.95. The van der Waals surface area contributed by atoms with Gasteiger partial charge < -0.3 is 15.0 Å². The number of aromatic nitrogens is 2. The minimum Gasteiger partial charge on any atom is -0.463 e. The molecule has 0 amide bonds. The molecule has 41 heavy (non-hydrogen) atoms. The lowest BCUT2D eigenvalue weighted by molar-refractivity contribution is -0.138. The predicted molar refractivity (Wildman–Crippen MR) is 162 cm³/mol. The second-order valence-electron chi connectivity index (χ2n) is 10.9. The molecular formula is C33H37N5O3. The maximum atomic E-state index is 13.5. The largest absolute Gasteiger partial charge is 0.463 e. The van der Waals surface area contributed by atoms with Gasteiger partial charge in [-0.05, 0) is 37.8 Å². The summed E-state index contributed by atoms with van der Waals surface area (Å²) in [5.41, 5.74) is 4.10. The lowest BCUT2D eigenvalue weighted by Crippen LogP contribution is -2.48. The van der Waals surface area contributed by atoms with Crippen molar-refractivity contribution in [2.24, 2.45) is 0 Å². The molecule has 1 aromatic heterocycles. The first-order valence-corrected chi connectivity index (χ1v) is 14.6. The van der Waals surface area contributed by atoms with Crippen molar-refractivity contribution in [3.05, 3.63) is 105 Å². The van der Waals surface area contributed by atoms with Crippen LogP contribution in [0.3, 0.4) is 0 Å². The maximum Gasteiger partial charge on any atom is 0.351 e. The highest BCUT2D eigenvalue weighted by Gasteiger charge is 2.41. The molecule has 2 aromatic carbocycles. The van der Waals surface area contributed by atoms with Crippen molar-refractivity contribution < 1.29 is 9.53 Å². The zero-order valence-corrected chi connectivity index (χ0v) is 23.8. The fraction of sp³-hybridized carbons (Fsp3) is 0.364. The average molecular weight is 552 g/mol. The lowest BCUT2D eigenvalue weighted by atomic mass is 9.81. The normalized spacial score (nSPS) is 19.3. The molecule has 2 fully saturated rings. The van der Waals surface area contributed by atoms with Crippen LogP contribution in [0.4, 0.5) is 11.6 Å². The number of esters is 1. The summed E-state index contributed by atoms with van der Waals surface area (Å²) in [6.07, 6.45) is 6.27. The summed E-state index contributed by atoms with van der Waals surface area (Å²) in [7, 11) is 0. The van der Waals surface area contributed by atoms with E-state index in [-0.39, 0.29) is 24.3 Å². The summed E-state index contributed by atoms with van der Waals surface area (Å²) in [4.78, 5) is 36.3. The van der Waals surface area contributed by atoms with Crippen LogP contribution in [0, 0.1) is 0 Å². The van der Waals surface area contributed by atoms with Crippen LogP contribution in [0.1, 0.15) is 55.3 Å². The molecule has 0 unspecified atom stereocenters. The van der Waals surface area contributed by atoms with Crippen molar-refractivity contribution in [3.8, 4) is 0 Å². The van der Waals surface area contributed by atoms with E-state index in [9.17, 15) is 9.59 Å². The minimum absolute atomic E-state index is 0.131. The maximum absolute atomic E-state index is 13.5. The third kappa shape index (κ3) is 5.57. The third-order valence-corrected chi connectivity index (χ3v) is 8.12. The summed E-state index contributed by atoms with van der Waals surface area (Å²) in [6, 6.07) is 20.5. The number of anilines is 2. The lowest BCUT2D eigenvalue weighted by Gasteiger charge is -2.39. The monoisotopic (exact) mass is 551 g/mol. The molecule has 1 saturated heterocycles. The van der Waals surface area contributed by atoms with E-state index in [1.165, 1.54) is 5.56 Å². The number of rotatable bonds is 8. The van der Waals surface area contributed by atoms with Crippen LogP contribution in [0.5, 0.6) is 0 Å². The van der Waals surface area contributed by atoms with E-state index in [1.54, 1.807) is 0 Å². The van der Waals surface area contributed by atoms with Crippen molar-refractivity contribution in [3.63, 3.8) is 0 Å². The molecule has 0 radical (unpaired) electrons. The van der Waals surface area contributed by atoms with Gasteiger partial charge >= 0.3 is 11.7 Å². The second kappa shape index (κ2) is 11.7. The van der Waals surface area contributed by atoms with Gasteiger partial charge in [0.2, 0.25) is 0 Å². The number of fused-ring (bicyclic) bond motifs is 1. The Balaban J connectivity index is 1.35. The van der Waals surface area contributed by atoms with E-state index in [2.05, 4.69) is 39.4 Å². The zero-order valence-electron chi connectivity index (χ0n) is 23.8. The first-order valence-electron chi connectivity index (χ1n) is 14.6. The first kappa shape index (κ1) is 27.0. The number of hydrogen-bond acceptors (Lipinski definition) is 7. The Kier molecular flexibility index (Phi) is 7.74. The number of nitrogens with zero attached hydrogens (tertiary/aromatic N) is 4. The van der Waals surface area contributed by atoms with E-state index in [1.807, 2.05) is 66.9 Å². The van der Waals surface area contributed by atoms with Crippen LogP contribution in [0.2, 0.25) is 0 Å². The number of carbonyl (C=O) groups excluding carboxylic acids is 1. The van der Waals surface area contributed by atoms with Crippen molar-refractivity contribution in [2.75, 3.05) is 49.5 Å². The Morgan fingerprint density at radius 1 is 1.02 bits per heavy atom. The molecule has 3 heterocycles. The molecule has 3 aliphatic rings. The number of carbonyl (C=O) groups is 1. The van der Waals surface area contributed by atoms with Crippen LogP contribution in [-0.2, 0) is 9.53 Å². The van der Waals surface area contributed by atoms with Gasteiger partial charge in [0.05, 0.1) is 18.1 Å². The SMILES string of the molecule is CCOC(=O)C1=C(C)Nc2c(c(N3CCN(C/C=C/c4ccccc4)CC3)nc(=O)n2C2CC2)[C@@H]1c1ccccc1. The summed E-state index contributed by atoms with van der Waals surface area (Å²) in [5.74, 6) is 0.681. The van der Waals surface area contributed by atoms with E-state index < -0.39 is 5.92 Å². The fourth-order valence-corrected chi connectivity index (χ4v) is 5.95. The Morgan fingerprint density at radius 2 is 1.71 bits per heavy atom. The molecule has 1 N–H and O–H groups in total. The molecule has 3 aromatic rings. The predicted octanol–water partition coefficient (Wildman–Crippen LogP) is 4.81. The smallest absolute Gasteiger partial charge is 0.351 e. The van der Waals surface area contributed by atoms with Gasteiger partial charge in [0.25, 0.3) is 0 Å². The molecule has 212 valence electrons. The van der Waals surface area contributed by atoms with Gasteiger partial charge in [0, 0.05) is 50.0 Å². The van der Waals surface area contributed by atoms with Crippen molar-refractivity contribution in [2.45, 2.75) is 38.6 Å². The number of hydrogen-bond donors (Lipinski definition) is 1. The molecule has 2 aliphatic heterocycles. The van der Waals surface area contributed by atoms with Crippen LogP contribution in [-0.4, -0.2) is 59.8 Å². The summed E-state index contributed by atoms with van der Waals surface area (Å²) < 4.78 is 7.36. The summed E-state index contributed by atoms with van der Waals surface area (Å²) in [5, 5.41) is 3.47. The first-order chi connectivity index (χ1) is 20.0. The second-order valence-corrected chi connectivity index (χ2v) is 10.9.